The molecule has 4 fully saturated rings. The van der Waals surface area contributed by atoms with Crippen LogP contribution < -0.4 is 0 Å². The number of alkyl halides is 1. The van der Waals surface area contributed by atoms with E-state index in [-0.39, 0.29) is 10.3 Å². The van der Waals surface area contributed by atoms with E-state index in [2.05, 4.69) is 10.2 Å². The predicted octanol–water partition coefficient (Wildman–Crippen LogP) is 4.57. The van der Waals surface area contributed by atoms with Gasteiger partial charge in [0.25, 0.3) is 0 Å². The second-order valence-corrected chi connectivity index (χ2v) is 8.47. The van der Waals surface area contributed by atoms with Crippen LogP contribution in [0.1, 0.15) is 44.4 Å². The third kappa shape index (κ3) is 1.88. The van der Waals surface area contributed by atoms with Crippen molar-refractivity contribution >= 4 is 11.6 Å². The van der Waals surface area contributed by atoms with Gasteiger partial charge in [0.1, 0.15) is 0 Å². The highest BCUT2D eigenvalue weighted by Crippen LogP contribution is 2.64. The maximum Gasteiger partial charge on any atom is 0.247 e. The SMILES string of the molecule is ClC12C[C@H]3C[C@@H](C1)CC(c1nnc(-c4ccccc4)o1)(C3)C2. The maximum atomic E-state index is 6.90. The van der Waals surface area contributed by atoms with E-state index in [1.807, 2.05) is 30.3 Å². The van der Waals surface area contributed by atoms with Crippen LogP contribution in [0.25, 0.3) is 11.5 Å². The second-order valence-electron chi connectivity index (χ2n) is 7.67. The molecular weight excluding hydrogens is 296 g/mol. The van der Waals surface area contributed by atoms with Crippen LogP contribution in [-0.2, 0) is 5.41 Å². The fourth-order valence-corrected chi connectivity index (χ4v) is 6.23. The third-order valence-corrected chi connectivity index (χ3v) is 6.33. The molecule has 2 unspecified atom stereocenters. The summed E-state index contributed by atoms with van der Waals surface area (Å²) in [5.74, 6) is 2.94. The highest BCUT2D eigenvalue weighted by molar-refractivity contribution is 6.24. The van der Waals surface area contributed by atoms with Crippen LogP contribution in [0.4, 0.5) is 0 Å². The quantitative estimate of drug-likeness (QED) is 0.762. The smallest absolute Gasteiger partial charge is 0.247 e. The molecule has 2 aromatic rings. The van der Waals surface area contributed by atoms with Gasteiger partial charge in [0.15, 0.2) is 0 Å². The van der Waals surface area contributed by atoms with E-state index in [1.54, 1.807) is 0 Å². The van der Waals surface area contributed by atoms with Crippen molar-refractivity contribution < 1.29 is 4.42 Å². The molecule has 1 aromatic heterocycles. The lowest BCUT2D eigenvalue weighted by Gasteiger charge is -2.58. The molecule has 0 radical (unpaired) electrons. The van der Waals surface area contributed by atoms with Gasteiger partial charge in [-0.25, -0.2) is 0 Å². The molecule has 4 heteroatoms. The van der Waals surface area contributed by atoms with Crippen LogP contribution in [0.2, 0.25) is 0 Å². The van der Waals surface area contributed by atoms with E-state index in [4.69, 9.17) is 16.0 Å². The topological polar surface area (TPSA) is 38.9 Å². The molecule has 4 aliphatic carbocycles. The molecule has 4 aliphatic rings. The summed E-state index contributed by atoms with van der Waals surface area (Å²) in [6.45, 7) is 0. The van der Waals surface area contributed by atoms with Gasteiger partial charge in [0.2, 0.25) is 11.8 Å². The lowest BCUT2D eigenvalue weighted by molar-refractivity contribution is -0.00423. The Balaban J connectivity index is 1.54. The first-order chi connectivity index (χ1) is 10.6. The van der Waals surface area contributed by atoms with Gasteiger partial charge in [-0.05, 0) is 62.5 Å². The molecule has 0 N–H and O–H groups in total. The van der Waals surface area contributed by atoms with Crippen molar-refractivity contribution in [1.82, 2.24) is 10.2 Å². The van der Waals surface area contributed by atoms with Gasteiger partial charge in [0, 0.05) is 10.4 Å². The van der Waals surface area contributed by atoms with Gasteiger partial charge >= 0.3 is 0 Å². The normalized spacial score (nSPS) is 39.3. The van der Waals surface area contributed by atoms with Gasteiger partial charge < -0.3 is 4.42 Å². The number of halogens is 1. The minimum absolute atomic E-state index is 0.0224. The Labute approximate surface area is 135 Å². The van der Waals surface area contributed by atoms with Gasteiger partial charge in [-0.15, -0.1) is 21.8 Å². The number of rotatable bonds is 2. The summed E-state index contributed by atoms with van der Waals surface area (Å²) in [6.07, 6.45) is 7.04. The zero-order valence-electron chi connectivity index (χ0n) is 12.5. The summed E-state index contributed by atoms with van der Waals surface area (Å²) in [5.41, 5.74) is 1.03. The summed E-state index contributed by atoms with van der Waals surface area (Å²) in [5, 5.41) is 8.74. The molecule has 0 saturated heterocycles. The summed E-state index contributed by atoms with van der Waals surface area (Å²) in [4.78, 5) is -0.0224. The van der Waals surface area contributed by atoms with Gasteiger partial charge in [-0.2, -0.15) is 0 Å². The molecule has 1 aromatic carbocycles. The monoisotopic (exact) mass is 314 g/mol. The van der Waals surface area contributed by atoms with Crippen molar-refractivity contribution in [2.24, 2.45) is 11.8 Å². The van der Waals surface area contributed by atoms with E-state index in [0.29, 0.717) is 5.89 Å². The minimum atomic E-state index is -0.0224. The number of hydrogen-bond acceptors (Lipinski definition) is 3. The van der Waals surface area contributed by atoms with Gasteiger partial charge in [0.05, 0.1) is 5.41 Å². The van der Waals surface area contributed by atoms with E-state index in [0.717, 1.165) is 29.7 Å². The fraction of sp³-hybridized carbons (Fsp3) is 0.556. The zero-order chi connectivity index (χ0) is 14.8. The number of benzene rings is 1. The average Bonchev–Trinajstić information content (AvgIpc) is 2.96. The Morgan fingerprint density at radius 3 is 2.41 bits per heavy atom. The Morgan fingerprint density at radius 1 is 1.00 bits per heavy atom. The first-order valence-corrected chi connectivity index (χ1v) is 8.60. The van der Waals surface area contributed by atoms with Crippen LogP contribution in [0, 0.1) is 11.8 Å². The third-order valence-electron chi connectivity index (χ3n) is 5.89. The predicted molar refractivity (Wildman–Crippen MR) is 84.7 cm³/mol. The molecule has 114 valence electrons. The molecule has 6 rings (SSSR count). The van der Waals surface area contributed by atoms with E-state index in [9.17, 15) is 0 Å². The zero-order valence-corrected chi connectivity index (χ0v) is 13.2. The highest BCUT2D eigenvalue weighted by atomic mass is 35.5. The molecular formula is C18H19ClN2O. The number of aromatic nitrogens is 2. The Kier molecular flexibility index (Phi) is 2.59. The van der Waals surface area contributed by atoms with Gasteiger partial charge in [-0.1, -0.05) is 18.2 Å². The van der Waals surface area contributed by atoms with Crippen molar-refractivity contribution in [3.05, 3.63) is 36.2 Å². The van der Waals surface area contributed by atoms with Crippen molar-refractivity contribution in [2.45, 2.75) is 48.8 Å². The molecule has 4 bridgehead atoms. The lowest BCUT2D eigenvalue weighted by Crippen LogP contribution is -2.55. The van der Waals surface area contributed by atoms with Crippen LogP contribution in [0.3, 0.4) is 0 Å². The highest BCUT2D eigenvalue weighted by Gasteiger charge is 2.59. The Hall–Kier alpha value is -1.35. The molecule has 22 heavy (non-hydrogen) atoms. The Bertz CT molecular complexity index is 697. The lowest BCUT2D eigenvalue weighted by atomic mass is 9.49. The molecule has 0 spiro atoms. The average molecular weight is 315 g/mol. The summed E-state index contributed by atoms with van der Waals surface area (Å²) in [7, 11) is 0. The first kappa shape index (κ1) is 13.1. The van der Waals surface area contributed by atoms with Gasteiger partial charge in [-0.3, -0.25) is 0 Å². The number of nitrogens with zero attached hydrogens (tertiary/aromatic N) is 2. The largest absolute Gasteiger partial charge is 0.420 e. The van der Waals surface area contributed by atoms with Crippen molar-refractivity contribution in [1.29, 1.82) is 0 Å². The van der Waals surface area contributed by atoms with Crippen LogP contribution in [0.15, 0.2) is 34.7 Å². The van der Waals surface area contributed by atoms with E-state index in [1.165, 1.54) is 32.1 Å². The summed E-state index contributed by atoms with van der Waals surface area (Å²) >= 11 is 6.90. The van der Waals surface area contributed by atoms with E-state index >= 15 is 0 Å². The maximum absolute atomic E-state index is 6.90. The molecule has 1 heterocycles. The number of hydrogen-bond donors (Lipinski definition) is 0. The van der Waals surface area contributed by atoms with E-state index < -0.39 is 0 Å². The summed E-state index contributed by atoms with van der Waals surface area (Å²) in [6, 6.07) is 10.0. The van der Waals surface area contributed by atoms with Crippen LogP contribution in [-0.4, -0.2) is 15.1 Å². The Morgan fingerprint density at radius 2 is 1.73 bits per heavy atom. The van der Waals surface area contributed by atoms with Crippen LogP contribution in [0.5, 0.6) is 0 Å². The fourth-order valence-electron chi connectivity index (χ4n) is 5.54. The standard InChI is InChI=1S/C18H19ClN2O/c19-18-9-12-6-13(10-18)8-17(7-12,11-18)16-21-20-15(22-16)14-4-2-1-3-5-14/h1-5,12-13H,6-11H2/t12-,13+,17?,18?. The minimum Gasteiger partial charge on any atom is -0.420 e. The molecule has 3 nitrogen and oxygen atoms in total. The second kappa shape index (κ2) is 4.35. The molecule has 0 aliphatic heterocycles. The first-order valence-electron chi connectivity index (χ1n) is 8.23. The van der Waals surface area contributed by atoms with Crippen molar-refractivity contribution in [3.8, 4) is 11.5 Å². The van der Waals surface area contributed by atoms with Crippen LogP contribution >= 0.6 is 11.6 Å². The van der Waals surface area contributed by atoms with Crippen molar-refractivity contribution in [2.75, 3.05) is 0 Å². The summed E-state index contributed by atoms with van der Waals surface area (Å²) < 4.78 is 6.12. The molecule has 0 amide bonds. The van der Waals surface area contributed by atoms with Crippen molar-refractivity contribution in [3.63, 3.8) is 0 Å². The molecule has 4 saturated carbocycles. The molecule has 4 atom stereocenters.